The van der Waals surface area contributed by atoms with Gasteiger partial charge in [0.25, 0.3) is 5.91 Å². The molecule has 0 aromatic carbocycles. The molecule has 1 aliphatic heterocycles. The zero-order chi connectivity index (χ0) is 24.5. The maximum Gasteiger partial charge on any atom is 0.263 e. The number of nitrogens with one attached hydrogen (secondary N) is 1. The predicted octanol–water partition coefficient (Wildman–Crippen LogP) is 2.75. The average molecular weight is 474 g/mol. The van der Waals surface area contributed by atoms with Crippen LogP contribution in [0.1, 0.15) is 41.3 Å². The van der Waals surface area contributed by atoms with E-state index in [0.717, 1.165) is 24.4 Å². The Kier molecular flexibility index (Phi) is 6.00. The quantitative estimate of drug-likeness (QED) is 0.436. The van der Waals surface area contributed by atoms with Gasteiger partial charge in [0.1, 0.15) is 22.9 Å². The molecule has 35 heavy (non-hydrogen) atoms. The molecule has 0 saturated carbocycles. The fraction of sp³-hybridized carbons (Fsp3) is 0.333. The average Bonchev–Trinajstić information content (AvgIpc) is 3.55. The molecule has 180 valence electrons. The summed E-state index contributed by atoms with van der Waals surface area (Å²) < 4.78 is 9.02. The van der Waals surface area contributed by atoms with Crippen molar-refractivity contribution in [3.8, 4) is 23.2 Å². The number of aryl methyl sites for hydroxylation is 1. The molecule has 11 nitrogen and oxygen atoms in total. The number of hydrogen-bond acceptors (Lipinski definition) is 8. The Labute approximate surface area is 202 Å². The number of fused-ring (bicyclic) bond motifs is 1. The number of anilines is 1. The van der Waals surface area contributed by atoms with Gasteiger partial charge in [-0.05, 0) is 51.7 Å². The highest BCUT2D eigenvalue weighted by Crippen LogP contribution is 2.30. The van der Waals surface area contributed by atoms with Crippen molar-refractivity contribution in [1.29, 1.82) is 0 Å². The Morgan fingerprint density at radius 2 is 2.00 bits per heavy atom. The lowest BCUT2D eigenvalue weighted by Crippen LogP contribution is -2.14. The first-order chi connectivity index (χ1) is 16.9. The SMILES string of the molecule is COc1nn(-c2cccc(CN(C)C)n2)cc1C(=O)Nc1cccc(-c2nnc3n2[C@@H](C)CC3)n1. The van der Waals surface area contributed by atoms with E-state index in [1.807, 2.05) is 49.3 Å². The van der Waals surface area contributed by atoms with Crippen molar-refractivity contribution < 1.29 is 9.53 Å². The van der Waals surface area contributed by atoms with Crippen LogP contribution in [0.5, 0.6) is 5.88 Å². The van der Waals surface area contributed by atoms with E-state index in [-0.39, 0.29) is 17.4 Å². The van der Waals surface area contributed by atoms with Crippen molar-refractivity contribution in [1.82, 2.24) is 39.4 Å². The summed E-state index contributed by atoms with van der Waals surface area (Å²) in [4.78, 5) is 24.4. The zero-order valence-electron chi connectivity index (χ0n) is 20.1. The second kappa shape index (κ2) is 9.26. The number of carbonyl (C=O) groups is 1. The van der Waals surface area contributed by atoms with E-state index >= 15 is 0 Å². The number of amides is 1. The molecule has 4 aromatic heterocycles. The molecular formula is C24H27N9O2. The first-order valence-corrected chi connectivity index (χ1v) is 11.4. The highest BCUT2D eigenvalue weighted by atomic mass is 16.5. The van der Waals surface area contributed by atoms with Crippen LogP contribution in [0.2, 0.25) is 0 Å². The predicted molar refractivity (Wildman–Crippen MR) is 130 cm³/mol. The van der Waals surface area contributed by atoms with Gasteiger partial charge in [0.15, 0.2) is 11.6 Å². The second-order valence-corrected chi connectivity index (χ2v) is 8.78. The van der Waals surface area contributed by atoms with E-state index in [0.29, 0.717) is 35.7 Å². The number of hydrogen-bond donors (Lipinski definition) is 1. The highest BCUT2D eigenvalue weighted by Gasteiger charge is 2.25. The Hall–Kier alpha value is -4.12. The van der Waals surface area contributed by atoms with Crippen LogP contribution in [0.15, 0.2) is 42.6 Å². The Bertz CT molecular complexity index is 1380. The Morgan fingerprint density at radius 3 is 2.80 bits per heavy atom. The van der Waals surface area contributed by atoms with Crippen LogP contribution >= 0.6 is 0 Å². The van der Waals surface area contributed by atoms with Crippen LogP contribution in [0.25, 0.3) is 17.3 Å². The van der Waals surface area contributed by atoms with E-state index in [1.54, 1.807) is 12.3 Å². The fourth-order valence-corrected chi connectivity index (χ4v) is 4.20. The number of aromatic nitrogens is 7. The lowest BCUT2D eigenvalue weighted by molar-refractivity contribution is 0.102. The fourth-order valence-electron chi connectivity index (χ4n) is 4.20. The number of pyridine rings is 2. The van der Waals surface area contributed by atoms with Crippen molar-refractivity contribution in [3.63, 3.8) is 0 Å². The van der Waals surface area contributed by atoms with Gasteiger partial charge in [-0.2, -0.15) is 0 Å². The Morgan fingerprint density at radius 1 is 1.17 bits per heavy atom. The minimum atomic E-state index is -0.387. The van der Waals surface area contributed by atoms with E-state index in [9.17, 15) is 4.79 Å². The third-order valence-electron chi connectivity index (χ3n) is 5.84. The number of ether oxygens (including phenoxy) is 1. The summed E-state index contributed by atoms with van der Waals surface area (Å²) in [6.45, 7) is 2.83. The minimum Gasteiger partial charge on any atom is -0.479 e. The second-order valence-electron chi connectivity index (χ2n) is 8.78. The van der Waals surface area contributed by atoms with E-state index in [1.165, 1.54) is 11.8 Å². The molecule has 0 fully saturated rings. The molecule has 0 radical (unpaired) electrons. The molecule has 11 heteroatoms. The molecular weight excluding hydrogens is 446 g/mol. The molecule has 0 aliphatic carbocycles. The zero-order valence-corrected chi connectivity index (χ0v) is 20.1. The maximum atomic E-state index is 13.1. The number of rotatable bonds is 7. The summed E-state index contributed by atoms with van der Waals surface area (Å²) in [6.07, 6.45) is 3.54. The molecule has 5 heterocycles. The minimum absolute atomic E-state index is 0.197. The molecule has 1 aliphatic rings. The number of methoxy groups -OCH3 is 1. The third-order valence-corrected chi connectivity index (χ3v) is 5.84. The van der Waals surface area contributed by atoms with Gasteiger partial charge in [0, 0.05) is 25.2 Å². The van der Waals surface area contributed by atoms with Crippen molar-refractivity contribution in [2.24, 2.45) is 0 Å². The van der Waals surface area contributed by atoms with Crippen LogP contribution in [0.3, 0.4) is 0 Å². The number of carbonyl (C=O) groups excluding carboxylic acids is 1. The lowest BCUT2D eigenvalue weighted by Gasteiger charge is -2.10. The van der Waals surface area contributed by atoms with Gasteiger partial charge in [0.2, 0.25) is 5.88 Å². The summed E-state index contributed by atoms with van der Waals surface area (Å²) in [5, 5.41) is 15.9. The summed E-state index contributed by atoms with van der Waals surface area (Å²) >= 11 is 0. The van der Waals surface area contributed by atoms with Gasteiger partial charge in [-0.15, -0.1) is 15.3 Å². The van der Waals surface area contributed by atoms with Gasteiger partial charge < -0.3 is 19.5 Å². The topological polar surface area (TPSA) is 116 Å². The van der Waals surface area contributed by atoms with E-state index in [2.05, 4.69) is 42.1 Å². The van der Waals surface area contributed by atoms with E-state index in [4.69, 9.17) is 4.74 Å². The van der Waals surface area contributed by atoms with Gasteiger partial charge in [0.05, 0.1) is 12.8 Å². The molecule has 0 unspecified atom stereocenters. The standard InChI is InChI=1S/C24H27N9O2/c1-15-11-12-21-28-29-22(33(15)21)18-8-6-9-19(26-18)27-23(34)17-14-32(30-24(17)35-4)20-10-5-7-16(25-20)13-31(2)3/h5-10,14-15H,11-13H2,1-4H3,(H,26,27,34)/t15-/m0/s1. The van der Waals surface area contributed by atoms with Crippen molar-refractivity contribution in [2.45, 2.75) is 32.4 Å². The van der Waals surface area contributed by atoms with Crippen LogP contribution in [0.4, 0.5) is 5.82 Å². The maximum absolute atomic E-state index is 13.1. The Balaban J connectivity index is 1.39. The molecule has 0 spiro atoms. The molecule has 1 amide bonds. The molecule has 0 bridgehead atoms. The number of nitrogens with zero attached hydrogens (tertiary/aromatic N) is 8. The molecule has 1 atom stereocenters. The summed E-state index contributed by atoms with van der Waals surface area (Å²) in [6, 6.07) is 11.4. The molecule has 5 rings (SSSR count). The summed E-state index contributed by atoms with van der Waals surface area (Å²) in [5.41, 5.74) is 1.82. The summed E-state index contributed by atoms with van der Waals surface area (Å²) in [7, 11) is 5.44. The molecule has 4 aromatic rings. The summed E-state index contributed by atoms with van der Waals surface area (Å²) in [5.74, 6) is 2.47. The van der Waals surface area contributed by atoms with Gasteiger partial charge in [-0.1, -0.05) is 12.1 Å². The molecule has 0 saturated heterocycles. The van der Waals surface area contributed by atoms with Crippen LogP contribution < -0.4 is 10.1 Å². The van der Waals surface area contributed by atoms with Gasteiger partial charge in [-0.3, -0.25) is 4.79 Å². The molecule has 1 N–H and O–H groups in total. The normalized spacial score (nSPS) is 14.8. The van der Waals surface area contributed by atoms with Crippen LogP contribution in [-0.4, -0.2) is 66.5 Å². The first-order valence-electron chi connectivity index (χ1n) is 11.4. The smallest absolute Gasteiger partial charge is 0.263 e. The first kappa shape index (κ1) is 22.7. The van der Waals surface area contributed by atoms with Gasteiger partial charge in [-0.25, -0.2) is 14.6 Å². The van der Waals surface area contributed by atoms with Gasteiger partial charge >= 0.3 is 0 Å². The van der Waals surface area contributed by atoms with Crippen molar-refractivity contribution in [3.05, 3.63) is 59.7 Å². The monoisotopic (exact) mass is 473 g/mol. The third kappa shape index (κ3) is 4.50. The lowest BCUT2D eigenvalue weighted by atomic mass is 10.2. The van der Waals surface area contributed by atoms with Crippen LogP contribution in [0, 0.1) is 0 Å². The highest BCUT2D eigenvalue weighted by molar-refractivity contribution is 6.05. The van der Waals surface area contributed by atoms with Crippen LogP contribution in [-0.2, 0) is 13.0 Å². The van der Waals surface area contributed by atoms with E-state index < -0.39 is 0 Å². The van der Waals surface area contributed by atoms with Crippen molar-refractivity contribution in [2.75, 3.05) is 26.5 Å². The largest absolute Gasteiger partial charge is 0.479 e. The van der Waals surface area contributed by atoms with Crippen molar-refractivity contribution >= 4 is 11.7 Å².